The predicted octanol–water partition coefficient (Wildman–Crippen LogP) is 4.01. The zero-order chi connectivity index (χ0) is 18.2. The van der Waals surface area contributed by atoms with Crippen LogP contribution in [0.3, 0.4) is 0 Å². The number of amides is 1. The van der Waals surface area contributed by atoms with Crippen LogP contribution >= 0.6 is 22.6 Å². The number of carboxylic acid groups (broad SMARTS) is 1. The van der Waals surface area contributed by atoms with Gasteiger partial charge in [0.15, 0.2) is 0 Å². The van der Waals surface area contributed by atoms with Crippen LogP contribution in [0.15, 0.2) is 0 Å². The lowest BCUT2D eigenvalue weighted by molar-refractivity contribution is -0.164. The molecule has 3 saturated carbocycles. The van der Waals surface area contributed by atoms with E-state index in [9.17, 15) is 14.7 Å². The van der Waals surface area contributed by atoms with Crippen molar-refractivity contribution in [3.8, 4) is 0 Å². The molecule has 0 radical (unpaired) electrons. The summed E-state index contributed by atoms with van der Waals surface area (Å²) in [5, 5.41) is 13.2. The van der Waals surface area contributed by atoms with Gasteiger partial charge in [0.05, 0.1) is 9.34 Å². The van der Waals surface area contributed by atoms with E-state index in [4.69, 9.17) is 0 Å². The Morgan fingerprint density at radius 3 is 2.48 bits per heavy atom. The van der Waals surface area contributed by atoms with Crippen molar-refractivity contribution in [3.63, 3.8) is 0 Å². The first kappa shape index (κ1) is 18.1. The number of piperidine rings is 1. The van der Waals surface area contributed by atoms with Crippen molar-refractivity contribution >= 4 is 34.5 Å². The van der Waals surface area contributed by atoms with Crippen molar-refractivity contribution in [2.75, 3.05) is 0 Å². The lowest BCUT2D eigenvalue weighted by Crippen LogP contribution is -2.63. The number of carbonyl (C=O) groups excluding carboxylic acids is 1. The molecule has 5 heteroatoms. The van der Waals surface area contributed by atoms with Crippen molar-refractivity contribution in [2.24, 2.45) is 34.0 Å². The van der Waals surface area contributed by atoms with Crippen LogP contribution in [0.25, 0.3) is 0 Å². The second-order valence-corrected chi connectivity index (χ2v) is 11.3. The summed E-state index contributed by atoms with van der Waals surface area (Å²) in [6, 6.07) is 0.309. The standard InChI is InChI=1S/C20H30INO3/c1-18-10-14(21)16(23)22-15(18)5-4-11-12(18)6-8-19(2)13(11)7-9-20(19,3)17(24)25/h11-15H,4-10H2,1-3H3,(H,22,23)(H,24,25)/t11-,12-,13+,14?,15?,18-,19+,20?/m1/s1. The molecule has 4 fully saturated rings. The Morgan fingerprint density at radius 2 is 1.80 bits per heavy atom. The summed E-state index contributed by atoms with van der Waals surface area (Å²) in [6.07, 6.45) is 7.19. The average Bonchev–Trinajstić information content (AvgIpc) is 2.82. The smallest absolute Gasteiger partial charge is 0.309 e. The van der Waals surface area contributed by atoms with Gasteiger partial charge in [0, 0.05) is 6.04 Å². The van der Waals surface area contributed by atoms with E-state index in [0.29, 0.717) is 23.8 Å². The molecule has 0 aromatic carbocycles. The molecule has 25 heavy (non-hydrogen) atoms. The number of hydrogen-bond acceptors (Lipinski definition) is 2. The molecule has 1 amide bonds. The van der Waals surface area contributed by atoms with Gasteiger partial charge in [-0.1, -0.05) is 36.4 Å². The summed E-state index contributed by atoms with van der Waals surface area (Å²) in [7, 11) is 0. The minimum absolute atomic E-state index is 0.0683. The minimum atomic E-state index is -0.604. The van der Waals surface area contributed by atoms with Crippen molar-refractivity contribution in [1.82, 2.24) is 5.32 Å². The van der Waals surface area contributed by atoms with Crippen LogP contribution in [0.5, 0.6) is 0 Å². The van der Waals surface area contributed by atoms with E-state index in [1.807, 2.05) is 6.92 Å². The first-order chi connectivity index (χ1) is 11.6. The van der Waals surface area contributed by atoms with Crippen LogP contribution < -0.4 is 5.32 Å². The Morgan fingerprint density at radius 1 is 1.12 bits per heavy atom. The van der Waals surface area contributed by atoms with Gasteiger partial charge in [0.1, 0.15) is 0 Å². The first-order valence-corrected chi connectivity index (χ1v) is 11.1. The molecular weight excluding hydrogens is 429 g/mol. The maximum absolute atomic E-state index is 12.2. The van der Waals surface area contributed by atoms with Crippen LogP contribution in [-0.4, -0.2) is 26.9 Å². The Balaban J connectivity index is 1.66. The molecule has 0 aromatic heterocycles. The van der Waals surface area contributed by atoms with E-state index in [1.54, 1.807) is 0 Å². The molecule has 4 rings (SSSR count). The normalized spacial score (nSPS) is 54.9. The van der Waals surface area contributed by atoms with Gasteiger partial charge in [-0.25, -0.2) is 0 Å². The Kier molecular flexibility index (Phi) is 4.03. The predicted molar refractivity (Wildman–Crippen MR) is 104 cm³/mol. The highest BCUT2D eigenvalue weighted by Crippen LogP contribution is 2.69. The minimum Gasteiger partial charge on any atom is -0.481 e. The van der Waals surface area contributed by atoms with E-state index in [2.05, 4.69) is 41.8 Å². The van der Waals surface area contributed by atoms with Crippen molar-refractivity contribution in [1.29, 1.82) is 0 Å². The third-order valence-electron chi connectivity index (χ3n) is 9.17. The zero-order valence-corrected chi connectivity index (χ0v) is 17.6. The summed E-state index contributed by atoms with van der Waals surface area (Å²) in [5.41, 5.74) is -0.482. The highest BCUT2D eigenvalue weighted by atomic mass is 127. The number of fused-ring (bicyclic) bond motifs is 5. The number of rotatable bonds is 1. The van der Waals surface area contributed by atoms with Crippen molar-refractivity contribution in [2.45, 2.75) is 75.7 Å². The van der Waals surface area contributed by atoms with E-state index in [1.165, 1.54) is 0 Å². The molecule has 140 valence electrons. The molecule has 3 aliphatic carbocycles. The average molecular weight is 459 g/mol. The Bertz CT molecular complexity index is 624. The molecule has 8 atom stereocenters. The number of carboxylic acids is 1. The highest BCUT2D eigenvalue weighted by Gasteiger charge is 2.66. The molecule has 3 unspecified atom stereocenters. The van der Waals surface area contributed by atoms with E-state index < -0.39 is 11.4 Å². The van der Waals surface area contributed by atoms with Crippen LogP contribution in [0.1, 0.15) is 65.7 Å². The Hall–Kier alpha value is -0.330. The van der Waals surface area contributed by atoms with Crippen molar-refractivity contribution < 1.29 is 14.7 Å². The van der Waals surface area contributed by atoms with Gasteiger partial charge in [0.25, 0.3) is 0 Å². The van der Waals surface area contributed by atoms with Gasteiger partial charge in [-0.05, 0) is 80.5 Å². The third kappa shape index (κ3) is 2.23. The van der Waals surface area contributed by atoms with Gasteiger partial charge in [0.2, 0.25) is 5.91 Å². The molecular formula is C20H30INO3. The highest BCUT2D eigenvalue weighted by molar-refractivity contribution is 14.1. The third-order valence-corrected chi connectivity index (χ3v) is 10.2. The summed E-state index contributed by atoms with van der Waals surface area (Å²) < 4.78 is 0.0683. The molecule has 4 nitrogen and oxygen atoms in total. The molecule has 1 heterocycles. The number of halogens is 1. The molecule has 4 aliphatic rings. The fourth-order valence-electron chi connectivity index (χ4n) is 7.35. The lowest BCUT2D eigenvalue weighted by atomic mass is 9.45. The van der Waals surface area contributed by atoms with Crippen LogP contribution in [0.2, 0.25) is 0 Å². The monoisotopic (exact) mass is 459 g/mol. The van der Waals surface area contributed by atoms with Crippen LogP contribution in [0, 0.1) is 34.0 Å². The van der Waals surface area contributed by atoms with Gasteiger partial charge >= 0.3 is 5.97 Å². The molecule has 1 aliphatic heterocycles. The van der Waals surface area contributed by atoms with Crippen molar-refractivity contribution in [3.05, 3.63) is 0 Å². The fourth-order valence-corrected chi connectivity index (χ4v) is 8.48. The van der Waals surface area contributed by atoms with E-state index in [0.717, 1.165) is 44.9 Å². The van der Waals surface area contributed by atoms with Crippen LogP contribution in [-0.2, 0) is 9.59 Å². The number of carbonyl (C=O) groups is 2. The topological polar surface area (TPSA) is 66.4 Å². The van der Waals surface area contributed by atoms with Crippen LogP contribution in [0.4, 0.5) is 0 Å². The summed E-state index contributed by atoms with van der Waals surface area (Å²) in [6.45, 7) is 6.64. The maximum atomic E-state index is 12.2. The maximum Gasteiger partial charge on any atom is 0.309 e. The first-order valence-electron chi connectivity index (χ1n) is 9.81. The van der Waals surface area contributed by atoms with Gasteiger partial charge in [-0.3, -0.25) is 9.59 Å². The fraction of sp³-hybridized carbons (Fsp3) is 0.900. The second-order valence-electron chi connectivity index (χ2n) is 9.82. The van der Waals surface area contributed by atoms with E-state index >= 15 is 0 Å². The molecule has 2 N–H and O–H groups in total. The number of aliphatic carboxylic acids is 1. The number of alkyl halides is 1. The number of hydrogen-bond donors (Lipinski definition) is 2. The van der Waals surface area contributed by atoms with Gasteiger partial charge < -0.3 is 10.4 Å². The second kappa shape index (κ2) is 5.59. The molecule has 0 aromatic rings. The largest absolute Gasteiger partial charge is 0.481 e. The summed E-state index contributed by atoms with van der Waals surface area (Å²) in [5.74, 6) is 1.38. The molecule has 0 bridgehead atoms. The van der Waals surface area contributed by atoms with E-state index in [-0.39, 0.29) is 20.7 Å². The van der Waals surface area contributed by atoms with Gasteiger partial charge in [-0.2, -0.15) is 0 Å². The number of nitrogens with one attached hydrogen (secondary N) is 1. The lowest BCUT2D eigenvalue weighted by Gasteiger charge is -2.61. The Labute approximate surface area is 164 Å². The zero-order valence-electron chi connectivity index (χ0n) is 15.5. The summed E-state index contributed by atoms with van der Waals surface area (Å²) >= 11 is 2.30. The quantitative estimate of drug-likeness (QED) is 0.460. The molecule has 1 saturated heterocycles. The SMILES string of the molecule is CC1(C(=O)O)CC[C@H]2[C@@H]3CCC4NC(=O)C(I)C[C@]4(C)[C@@H]3CC[C@@]21C. The summed E-state index contributed by atoms with van der Waals surface area (Å²) in [4.78, 5) is 24.2. The molecule has 0 spiro atoms. The van der Waals surface area contributed by atoms with Gasteiger partial charge in [-0.15, -0.1) is 0 Å².